The number of aromatic nitrogens is 5. The summed E-state index contributed by atoms with van der Waals surface area (Å²) in [7, 11) is 0. The van der Waals surface area contributed by atoms with Crippen molar-refractivity contribution in [1.29, 1.82) is 0 Å². The minimum atomic E-state index is -4.63. The minimum Gasteiger partial charge on any atom is -0.321 e. The molecule has 4 aromatic rings. The van der Waals surface area contributed by atoms with E-state index < -0.39 is 17.8 Å². The van der Waals surface area contributed by atoms with Crippen LogP contribution in [-0.2, 0) is 12.7 Å². The average Bonchev–Trinajstić information content (AvgIpc) is 3.26. The van der Waals surface area contributed by atoms with Gasteiger partial charge in [-0.1, -0.05) is 23.7 Å². The third-order valence-corrected chi connectivity index (χ3v) is 4.40. The van der Waals surface area contributed by atoms with Gasteiger partial charge >= 0.3 is 6.18 Å². The number of carbonyl (C=O) groups is 1. The van der Waals surface area contributed by atoms with Crippen molar-refractivity contribution >= 4 is 28.8 Å². The summed E-state index contributed by atoms with van der Waals surface area (Å²) in [6, 6.07) is 9.08. The molecule has 3 aromatic heterocycles. The summed E-state index contributed by atoms with van der Waals surface area (Å²) in [5.41, 5.74) is 0.254. The monoisotopic (exact) mass is 434 g/mol. The third-order valence-electron chi connectivity index (χ3n) is 4.21. The molecule has 11 heteroatoms. The van der Waals surface area contributed by atoms with Crippen LogP contribution >= 0.6 is 11.6 Å². The quantitative estimate of drug-likeness (QED) is 0.522. The van der Waals surface area contributed by atoms with E-state index in [1.807, 2.05) is 6.07 Å². The number of benzene rings is 1. The molecule has 0 spiro atoms. The number of carbonyl (C=O) groups excluding carboxylic acids is 1. The number of nitrogens with zero attached hydrogens (tertiary/aromatic N) is 5. The fraction of sp³-hybridized carbons (Fsp3) is 0.158. The Morgan fingerprint density at radius 1 is 1.23 bits per heavy atom. The summed E-state index contributed by atoms with van der Waals surface area (Å²) < 4.78 is 42.1. The fourth-order valence-electron chi connectivity index (χ4n) is 2.97. The molecule has 0 bridgehead atoms. The number of hydrogen-bond acceptors (Lipinski definition) is 4. The predicted octanol–water partition coefficient (Wildman–Crippen LogP) is 4.21. The molecule has 0 aliphatic rings. The number of rotatable bonds is 4. The number of amides is 1. The van der Waals surface area contributed by atoms with Gasteiger partial charge in [0, 0.05) is 23.6 Å². The van der Waals surface area contributed by atoms with Gasteiger partial charge in [0.2, 0.25) is 0 Å². The summed E-state index contributed by atoms with van der Waals surface area (Å²) >= 11 is 5.85. The summed E-state index contributed by atoms with van der Waals surface area (Å²) in [6.07, 6.45) is -1.45. The van der Waals surface area contributed by atoms with Crippen molar-refractivity contribution in [2.75, 3.05) is 5.32 Å². The molecule has 0 saturated heterocycles. The molecule has 4 rings (SSSR count). The maximum absolute atomic E-state index is 13.3. The van der Waals surface area contributed by atoms with E-state index in [1.54, 1.807) is 29.1 Å². The van der Waals surface area contributed by atoms with Crippen molar-refractivity contribution in [3.05, 3.63) is 76.5 Å². The molecule has 3 heterocycles. The normalized spacial score (nSPS) is 11.8. The Kier molecular flexibility index (Phi) is 4.94. The van der Waals surface area contributed by atoms with E-state index in [0.717, 1.165) is 11.6 Å². The number of aryl methyl sites for hydroxylation is 1. The molecule has 0 atom stereocenters. The lowest BCUT2D eigenvalue weighted by Crippen LogP contribution is -2.16. The molecule has 0 aliphatic carbocycles. The zero-order chi connectivity index (χ0) is 21.5. The highest BCUT2D eigenvalue weighted by atomic mass is 35.5. The van der Waals surface area contributed by atoms with Gasteiger partial charge in [-0.3, -0.25) is 9.48 Å². The smallest absolute Gasteiger partial charge is 0.321 e. The number of anilines is 1. The van der Waals surface area contributed by atoms with Crippen LogP contribution in [-0.4, -0.2) is 30.3 Å². The van der Waals surface area contributed by atoms with Gasteiger partial charge in [-0.15, -0.1) is 0 Å². The lowest BCUT2D eigenvalue weighted by Gasteiger charge is -2.09. The van der Waals surface area contributed by atoms with E-state index in [9.17, 15) is 18.0 Å². The van der Waals surface area contributed by atoms with Gasteiger partial charge in [-0.2, -0.15) is 23.4 Å². The van der Waals surface area contributed by atoms with E-state index in [-0.39, 0.29) is 17.0 Å². The molecule has 7 nitrogen and oxygen atoms in total. The first-order chi connectivity index (χ1) is 14.2. The van der Waals surface area contributed by atoms with Crippen LogP contribution in [0.3, 0.4) is 0 Å². The second-order valence-corrected chi connectivity index (χ2v) is 7.03. The van der Waals surface area contributed by atoms with Crippen LogP contribution in [0.4, 0.5) is 18.9 Å². The van der Waals surface area contributed by atoms with Gasteiger partial charge in [-0.05, 0) is 30.7 Å². The van der Waals surface area contributed by atoms with E-state index in [0.29, 0.717) is 21.8 Å². The van der Waals surface area contributed by atoms with Crippen molar-refractivity contribution in [2.24, 2.45) is 0 Å². The van der Waals surface area contributed by atoms with Gasteiger partial charge in [0.15, 0.2) is 11.3 Å². The Labute approximate surface area is 173 Å². The van der Waals surface area contributed by atoms with Gasteiger partial charge in [-0.25, -0.2) is 9.50 Å². The molecule has 0 unspecified atom stereocenters. The largest absolute Gasteiger partial charge is 0.433 e. The zero-order valence-electron chi connectivity index (χ0n) is 15.5. The summed E-state index contributed by atoms with van der Waals surface area (Å²) in [5.74, 6) is -0.648. The Balaban J connectivity index is 1.58. The topological polar surface area (TPSA) is 77.1 Å². The first-order valence-electron chi connectivity index (χ1n) is 8.72. The van der Waals surface area contributed by atoms with E-state index >= 15 is 0 Å². The molecule has 0 saturated carbocycles. The highest BCUT2D eigenvalue weighted by Crippen LogP contribution is 2.30. The van der Waals surface area contributed by atoms with E-state index in [4.69, 9.17) is 11.6 Å². The number of halogens is 4. The summed E-state index contributed by atoms with van der Waals surface area (Å²) in [6.45, 7) is 1.88. The Bertz CT molecular complexity index is 1250. The molecular formula is C19H14ClF3N6O. The summed E-state index contributed by atoms with van der Waals surface area (Å²) in [5, 5.41) is 11.0. The molecule has 1 amide bonds. The molecular weight excluding hydrogens is 421 g/mol. The number of hydrogen-bond donors (Lipinski definition) is 1. The second kappa shape index (κ2) is 7.45. The Morgan fingerprint density at radius 2 is 2.03 bits per heavy atom. The SMILES string of the molecule is Cc1cc(C(F)(F)F)n2nc(C(=O)Nc3cccc(Cn4cc(Cl)cn4)c3)cc2n1. The molecule has 0 aliphatic heterocycles. The van der Waals surface area contributed by atoms with Crippen LogP contribution in [0.25, 0.3) is 5.65 Å². The molecule has 0 radical (unpaired) electrons. The molecule has 154 valence electrons. The lowest BCUT2D eigenvalue weighted by molar-refractivity contribution is -0.142. The lowest BCUT2D eigenvalue weighted by atomic mass is 10.2. The van der Waals surface area contributed by atoms with Crippen molar-refractivity contribution in [2.45, 2.75) is 19.6 Å². The van der Waals surface area contributed by atoms with Crippen LogP contribution in [0.2, 0.25) is 5.02 Å². The van der Waals surface area contributed by atoms with Gasteiger partial charge in [0.25, 0.3) is 5.91 Å². The van der Waals surface area contributed by atoms with Crippen molar-refractivity contribution in [3.8, 4) is 0 Å². The predicted molar refractivity (Wildman–Crippen MR) is 103 cm³/mol. The second-order valence-electron chi connectivity index (χ2n) is 6.59. The maximum atomic E-state index is 13.3. The van der Waals surface area contributed by atoms with Crippen molar-refractivity contribution < 1.29 is 18.0 Å². The molecule has 0 fully saturated rings. The Hall–Kier alpha value is -3.40. The van der Waals surface area contributed by atoms with Crippen LogP contribution in [0, 0.1) is 6.92 Å². The Morgan fingerprint density at radius 3 is 2.73 bits per heavy atom. The number of fused-ring (bicyclic) bond motifs is 1. The summed E-state index contributed by atoms with van der Waals surface area (Å²) in [4.78, 5) is 16.6. The van der Waals surface area contributed by atoms with Crippen LogP contribution in [0.5, 0.6) is 0 Å². The molecule has 1 aromatic carbocycles. The number of nitrogens with one attached hydrogen (secondary N) is 1. The number of alkyl halides is 3. The van der Waals surface area contributed by atoms with Crippen LogP contribution in [0.15, 0.2) is 48.8 Å². The molecule has 30 heavy (non-hydrogen) atoms. The van der Waals surface area contributed by atoms with Gasteiger partial charge in [0.1, 0.15) is 5.69 Å². The van der Waals surface area contributed by atoms with Crippen LogP contribution < -0.4 is 5.32 Å². The average molecular weight is 435 g/mol. The maximum Gasteiger partial charge on any atom is 0.433 e. The van der Waals surface area contributed by atoms with Crippen LogP contribution in [0.1, 0.15) is 27.4 Å². The van der Waals surface area contributed by atoms with Gasteiger partial charge in [0.05, 0.1) is 17.8 Å². The zero-order valence-corrected chi connectivity index (χ0v) is 16.2. The van der Waals surface area contributed by atoms with Crippen molar-refractivity contribution in [3.63, 3.8) is 0 Å². The van der Waals surface area contributed by atoms with E-state index in [1.165, 1.54) is 19.2 Å². The fourth-order valence-corrected chi connectivity index (χ4v) is 3.12. The third kappa shape index (κ3) is 4.13. The first-order valence-corrected chi connectivity index (χ1v) is 9.10. The van der Waals surface area contributed by atoms with Crippen molar-refractivity contribution in [1.82, 2.24) is 24.4 Å². The highest BCUT2D eigenvalue weighted by Gasteiger charge is 2.35. The standard InChI is InChI=1S/C19H14ClF3N6O/c1-11-5-16(19(21,22)23)29-17(25-11)7-15(27-29)18(30)26-14-4-2-3-12(6-14)9-28-10-13(20)8-24-28/h2-8,10H,9H2,1H3,(H,26,30). The molecule has 1 N–H and O–H groups in total. The minimum absolute atomic E-state index is 0.0585. The van der Waals surface area contributed by atoms with Gasteiger partial charge < -0.3 is 5.32 Å². The van der Waals surface area contributed by atoms with E-state index in [2.05, 4.69) is 20.5 Å². The highest BCUT2D eigenvalue weighted by molar-refractivity contribution is 6.30. The first kappa shape index (κ1) is 19.9.